The van der Waals surface area contributed by atoms with E-state index in [-0.39, 0.29) is 30.6 Å². The highest BCUT2D eigenvalue weighted by Crippen LogP contribution is 2.28. The number of nitriles is 1. The van der Waals surface area contributed by atoms with E-state index < -0.39 is 0 Å². The van der Waals surface area contributed by atoms with Crippen molar-refractivity contribution in [3.63, 3.8) is 0 Å². The average Bonchev–Trinajstić information content (AvgIpc) is 2.88. The first-order chi connectivity index (χ1) is 17.0. The van der Waals surface area contributed by atoms with Crippen molar-refractivity contribution in [3.05, 3.63) is 81.1 Å². The Kier molecular flexibility index (Phi) is 8.03. The number of carbonyl (C=O) groups is 1. The molecule has 0 unspecified atom stereocenters. The molecule has 1 aliphatic heterocycles. The molecule has 3 heterocycles. The van der Waals surface area contributed by atoms with Crippen LogP contribution in [0.25, 0.3) is 0 Å². The summed E-state index contributed by atoms with van der Waals surface area (Å²) in [6, 6.07) is 14.9. The van der Waals surface area contributed by atoms with Gasteiger partial charge < -0.3 is 19.3 Å². The number of benzene rings is 1. The lowest BCUT2D eigenvalue weighted by atomic mass is 10.1. The first-order valence-corrected chi connectivity index (χ1v) is 11.7. The van der Waals surface area contributed by atoms with E-state index in [9.17, 15) is 10.1 Å². The zero-order valence-corrected chi connectivity index (χ0v) is 20.6. The monoisotopic (exact) mass is 511 g/mol. The van der Waals surface area contributed by atoms with Crippen LogP contribution in [0.3, 0.4) is 0 Å². The predicted octanol–water partition coefficient (Wildman–Crippen LogP) is 4.34. The van der Waals surface area contributed by atoms with Gasteiger partial charge in [-0.15, -0.1) is 0 Å². The molecule has 1 aliphatic rings. The third-order valence-corrected chi connectivity index (χ3v) is 6.06. The Morgan fingerprint density at radius 3 is 2.51 bits per heavy atom. The smallest absolute Gasteiger partial charge is 0.255 e. The number of ether oxygens (including phenoxy) is 2. The van der Waals surface area contributed by atoms with Crippen LogP contribution in [0.15, 0.2) is 48.7 Å². The van der Waals surface area contributed by atoms with Crippen LogP contribution in [0.1, 0.15) is 27.2 Å². The fraction of sp³-hybridized carbons (Fsp3) is 0.280. The third-order valence-electron chi connectivity index (χ3n) is 5.57. The van der Waals surface area contributed by atoms with Crippen LogP contribution in [0.4, 0.5) is 5.82 Å². The largest absolute Gasteiger partial charge is 0.472 e. The molecule has 4 rings (SSSR count). The quantitative estimate of drug-likeness (QED) is 0.465. The number of methoxy groups -OCH3 is 1. The molecule has 1 amide bonds. The van der Waals surface area contributed by atoms with E-state index >= 15 is 0 Å². The van der Waals surface area contributed by atoms with Crippen LogP contribution < -0.4 is 9.64 Å². The first-order valence-electron chi connectivity index (χ1n) is 10.9. The number of pyridine rings is 2. The standard InChI is InChI=1S/C25H23Cl2N5O3/c1-34-16-22-20(11-18(13-28)24(30-22)35-15-17-5-3-2-4-6-17)25(33)32-9-7-31(8-10-32)23-21(27)12-19(26)14-29-23/h2-6,11-12,14H,7-10,15-16H2,1H3. The van der Waals surface area contributed by atoms with E-state index in [4.69, 9.17) is 32.7 Å². The van der Waals surface area contributed by atoms with E-state index in [2.05, 4.69) is 16.0 Å². The molecule has 180 valence electrons. The number of hydrogen-bond acceptors (Lipinski definition) is 7. The van der Waals surface area contributed by atoms with Gasteiger partial charge in [0, 0.05) is 39.5 Å². The van der Waals surface area contributed by atoms with Crippen LogP contribution in [0, 0.1) is 11.3 Å². The van der Waals surface area contributed by atoms with E-state index in [0.717, 1.165) is 5.56 Å². The van der Waals surface area contributed by atoms with Crippen molar-refractivity contribution in [2.75, 3.05) is 38.2 Å². The lowest BCUT2D eigenvalue weighted by Crippen LogP contribution is -2.49. The molecular formula is C25H23Cl2N5O3. The fourth-order valence-corrected chi connectivity index (χ4v) is 4.31. The van der Waals surface area contributed by atoms with Crippen LogP contribution in [0.2, 0.25) is 10.0 Å². The molecule has 1 aromatic carbocycles. The molecule has 2 aromatic heterocycles. The minimum absolute atomic E-state index is 0.110. The Balaban J connectivity index is 1.51. The number of nitrogens with zero attached hydrogens (tertiary/aromatic N) is 5. The minimum Gasteiger partial charge on any atom is -0.472 e. The van der Waals surface area contributed by atoms with E-state index in [0.29, 0.717) is 53.3 Å². The molecule has 0 bridgehead atoms. The van der Waals surface area contributed by atoms with Gasteiger partial charge in [-0.05, 0) is 17.7 Å². The van der Waals surface area contributed by atoms with Gasteiger partial charge in [0.2, 0.25) is 5.88 Å². The molecule has 0 aliphatic carbocycles. The molecular weight excluding hydrogens is 489 g/mol. The number of amides is 1. The second-order valence-corrected chi connectivity index (χ2v) is 8.74. The summed E-state index contributed by atoms with van der Waals surface area (Å²) >= 11 is 12.2. The van der Waals surface area contributed by atoms with Gasteiger partial charge in [-0.1, -0.05) is 53.5 Å². The van der Waals surface area contributed by atoms with Crippen LogP contribution in [0.5, 0.6) is 5.88 Å². The Morgan fingerprint density at radius 1 is 1.11 bits per heavy atom. The Bertz CT molecular complexity index is 1240. The van der Waals surface area contributed by atoms with Gasteiger partial charge in [0.05, 0.1) is 27.9 Å². The van der Waals surface area contributed by atoms with Crippen molar-refractivity contribution in [3.8, 4) is 11.9 Å². The lowest BCUT2D eigenvalue weighted by molar-refractivity contribution is 0.0740. The van der Waals surface area contributed by atoms with Crippen LogP contribution in [-0.4, -0.2) is 54.1 Å². The van der Waals surface area contributed by atoms with Gasteiger partial charge in [0.1, 0.15) is 24.1 Å². The number of piperazine rings is 1. The summed E-state index contributed by atoms with van der Waals surface area (Å²) < 4.78 is 11.1. The highest BCUT2D eigenvalue weighted by molar-refractivity contribution is 6.36. The highest BCUT2D eigenvalue weighted by atomic mass is 35.5. The van der Waals surface area contributed by atoms with Crippen molar-refractivity contribution in [1.82, 2.24) is 14.9 Å². The summed E-state index contributed by atoms with van der Waals surface area (Å²) in [4.78, 5) is 25.9. The number of carbonyl (C=O) groups excluding carboxylic acids is 1. The molecule has 0 saturated carbocycles. The summed E-state index contributed by atoms with van der Waals surface area (Å²) in [6.45, 7) is 2.39. The number of rotatable bonds is 7. The molecule has 1 fully saturated rings. The Morgan fingerprint density at radius 2 is 1.86 bits per heavy atom. The Hall–Kier alpha value is -3.38. The van der Waals surface area contributed by atoms with Crippen molar-refractivity contribution in [2.24, 2.45) is 0 Å². The lowest BCUT2D eigenvalue weighted by Gasteiger charge is -2.36. The molecule has 3 aromatic rings. The number of anilines is 1. The molecule has 35 heavy (non-hydrogen) atoms. The normalized spacial score (nSPS) is 13.4. The maximum absolute atomic E-state index is 13.4. The first kappa shape index (κ1) is 24.7. The number of halogens is 2. The maximum Gasteiger partial charge on any atom is 0.255 e. The maximum atomic E-state index is 13.4. The van der Waals surface area contributed by atoms with E-state index in [1.165, 1.54) is 13.2 Å². The minimum atomic E-state index is -0.217. The highest BCUT2D eigenvalue weighted by Gasteiger charge is 2.27. The summed E-state index contributed by atoms with van der Waals surface area (Å²) in [6.07, 6.45) is 1.55. The molecule has 0 atom stereocenters. The second kappa shape index (κ2) is 11.4. The summed E-state index contributed by atoms with van der Waals surface area (Å²) in [5, 5.41) is 10.6. The van der Waals surface area contributed by atoms with Crippen molar-refractivity contribution in [1.29, 1.82) is 5.26 Å². The van der Waals surface area contributed by atoms with Gasteiger partial charge in [0.25, 0.3) is 5.91 Å². The second-order valence-electron chi connectivity index (χ2n) is 7.89. The van der Waals surface area contributed by atoms with Gasteiger partial charge in [-0.2, -0.15) is 5.26 Å². The van der Waals surface area contributed by atoms with Crippen molar-refractivity contribution >= 4 is 34.9 Å². The van der Waals surface area contributed by atoms with Crippen LogP contribution in [-0.2, 0) is 18.0 Å². The Labute approximate surface area is 213 Å². The molecule has 0 spiro atoms. The fourth-order valence-electron chi connectivity index (χ4n) is 3.81. The summed E-state index contributed by atoms with van der Waals surface area (Å²) in [7, 11) is 1.53. The van der Waals surface area contributed by atoms with E-state index in [1.54, 1.807) is 17.2 Å². The predicted molar refractivity (Wildman–Crippen MR) is 133 cm³/mol. The molecule has 8 nitrogen and oxygen atoms in total. The number of hydrogen-bond donors (Lipinski definition) is 0. The van der Waals surface area contributed by atoms with Gasteiger partial charge in [-0.3, -0.25) is 4.79 Å². The van der Waals surface area contributed by atoms with Crippen molar-refractivity contribution < 1.29 is 14.3 Å². The average molecular weight is 512 g/mol. The van der Waals surface area contributed by atoms with Gasteiger partial charge >= 0.3 is 0 Å². The zero-order valence-electron chi connectivity index (χ0n) is 19.1. The van der Waals surface area contributed by atoms with E-state index in [1.807, 2.05) is 35.2 Å². The SMILES string of the molecule is COCc1nc(OCc2ccccc2)c(C#N)cc1C(=O)N1CCN(c2ncc(Cl)cc2Cl)CC1. The molecule has 1 saturated heterocycles. The summed E-state index contributed by atoms with van der Waals surface area (Å²) in [5.74, 6) is 0.593. The van der Waals surface area contributed by atoms with Gasteiger partial charge in [-0.25, -0.2) is 9.97 Å². The molecule has 10 heteroatoms. The van der Waals surface area contributed by atoms with Crippen LogP contribution >= 0.6 is 23.2 Å². The van der Waals surface area contributed by atoms with Gasteiger partial charge in [0.15, 0.2) is 0 Å². The molecule has 0 radical (unpaired) electrons. The molecule has 0 N–H and O–H groups in total. The summed E-state index contributed by atoms with van der Waals surface area (Å²) in [5.41, 5.74) is 1.88. The third kappa shape index (κ3) is 5.82. The number of aromatic nitrogens is 2. The topological polar surface area (TPSA) is 91.6 Å². The zero-order chi connectivity index (χ0) is 24.8. The van der Waals surface area contributed by atoms with Crippen molar-refractivity contribution in [2.45, 2.75) is 13.2 Å².